The minimum absolute atomic E-state index is 0.640. The van der Waals surface area contributed by atoms with E-state index in [4.69, 9.17) is 17.3 Å². The second-order valence-corrected chi connectivity index (χ2v) is 6.00. The summed E-state index contributed by atoms with van der Waals surface area (Å²) in [6, 6.07) is 0.640. The Balaban J connectivity index is 1.95. The number of piperidine rings is 1. The number of likely N-dealkylation sites (tertiary alicyclic amines) is 1. The van der Waals surface area contributed by atoms with Crippen LogP contribution in [-0.4, -0.2) is 29.0 Å². The van der Waals surface area contributed by atoms with Gasteiger partial charge in [-0.25, -0.2) is 4.98 Å². The number of nitrogens with two attached hydrogens (primary N) is 1. The maximum Gasteiger partial charge on any atom is 0.113 e. The molecule has 1 fully saturated rings. The average molecular weight is 260 g/mol. The van der Waals surface area contributed by atoms with Gasteiger partial charge in [-0.15, -0.1) is 11.3 Å². The molecule has 1 aliphatic heterocycles. The molecule has 1 aliphatic rings. The molecule has 1 unspecified atom stereocenters. The van der Waals surface area contributed by atoms with E-state index in [0.717, 1.165) is 28.9 Å². The van der Waals surface area contributed by atoms with Crippen LogP contribution in [0.3, 0.4) is 0 Å². The van der Waals surface area contributed by atoms with Gasteiger partial charge in [-0.3, -0.25) is 4.90 Å². The second-order valence-electron chi connectivity index (χ2n) is 4.26. The summed E-state index contributed by atoms with van der Waals surface area (Å²) in [7, 11) is 0. The van der Waals surface area contributed by atoms with E-state index in [1.54, 1.807) is 17.5 Å². The van der Waals surface area contributed by atoms with Gasteiger partial charge in [-0.05, 0) is 32.4 Å². The van der Waals surface area contributed by atoms with Crippen molar-refractivity contribution >= 4 is 22.9 Å². The molecule has 1 saturated heterocycles. The van der Waals surface area contributed by atoms with E-state index in [1.807, 2.05) is 0 Å². The Hall–Kier alpha value is -0.160. The number of hydrogen-bond donors (Lipinski definition) is 1. The van der Waals surface area contributed by atoms with Crippen LogP contribution in [0.15, 0.2) is 6.20 Å². The molecule has 5 heteroatoms. The Morgan fingerprint density at radius 2 is 2.44 bits per heavy atom. The average Bonchev–Trinajstić information content (AvgIpc) is 2.67. The normalized spacial score (nSPS) is 22.5. The molecule has 0 bridgehead atoms. The molecule has 0 saturated carbocycles. The maximum atomic E-state index is 5.89. The fourth-order valence-electron chi connectivity index (χ4n) is 2.32. The molecule has 0 radical (unpaired) electrons. The molecule has 1 aromatic rings. The van der Waals surface area contributed by atoms with Crippen molar-refractivity contribution in [3.63, 3.8) is 0 Å². The summed E-state index contributed by atoms with van der Waals surface area (Å²) in [4.78, 5) is 6.82. The highest BCUT2D eigenvalue weighted by molar-refractivity contribution is 7.15. The summed E-state index contributed by atoms with van der Waals surface area (Å²) < 4.78 is 0.780. The van der Waals surface area contributed by atoms with Gasteiger partial charge < -0.3 is 5.73 Å². The first-order chi connectivity index (χ1) is 7.79. The lowest BCUT2D eigenvalue weighted by molar-refractivity contribution is 0.134. The second kappa shape index (κ2) is 5.96. The third-order valence-electron chi connectivity index (χ3n) is 3.11. The standard InChI is InChI=1S/C11H18ClN3S/c12-10-7-14-11(16-10)8-15-6-2-1-3-9(15)4-5-13/h7,9H,1-6,8,13H2. The van der Waals surface area contributed by atoms with Crippen molar-refractivity contribution in [2.45, 2.75) is 38.3 Å². The van der Waals surface area contributed by atoms with Gasteiger partial charge in [-0.1, -0.05) is 18.0 Å². The topological polar surface area (TPSA) is 42.1 Å². The minimum atomic E-state index is 0.640. The third kappa shape index (κ3) is 3.17. The monoisotopic (exact) mass is 259 g/mol. The highest BCUT2D eigenvalue weighted by Gasteiger charge is 2.22. The van der Waals surface area contributed by atoms with Crippen molar-refractivity contribution < 1.29 is 0 Å². The number of aromatic nitrogens is 1. The lowest BCUT2D eigenvalue weighted by Gasteiger charge is -2.34. The quantitative estimate of drug-likeness (QED) is 0.904. The van der Waals surface area contributed by atoms with Crippen LogP contribution < -0.4 is 5.73 Å². The van der Waals surface area contributed by atoms with Gasteiger partial charge in [0.15, 0.2) is 0 Å². The van der Waals surface area contributed by atoms with Crippen LogP contribution in [0, 0.1) is 0 Å². The van der Waals surface area contributed by atoms with E-state index < -0.39 is 0 Å². The molecular formula is C11H18ClN3S. The van der Waals surface area contributed by atoms with Gasteiger partial charge in [0.1, 0.15) is 9.34 Å². The first-order valence-corrected chi connectivity index (χ1v) is 7.03. The molecule has 0 amide bonds. The summed E-state index contributed by atoms with van der Waals surface area (Å²) >= 11 is 7.48. The van der Waals surface area contributed by atoms with Gasteiger partial charge >= 0.3 is 0 Å². The molecule has 2 rings (SSSR count). The Morgan fingerprint density at radius 1 is 1.56 bits per heavy atom. The highest BCUT2D eigenvalue weighted by atomic mass is 35.5. The molecular weight excluding hydrogens is 242 g/mol. The van der Waals surface area contributed by atoms with Crippen LogP contribution in [0.4, 0.5) is 0 Å². The Morgan fingerprint density at radius 3 is 3.12 bits per heavy atom. The van der Waals surface area contributed by atoms with Gasteiger partial charge in [0.2, 0.25) is 0 Å². The Labute approximate surface area is 106 Å². The predicted octanol–water partition coefficient (Wildman–Crippen LogP) is 2.50. The minimum Gasteiger partial charge on any atom is -0.330 e. The third-order valence-corrected chi connectivity index (χ3v) is 4.21. The van der Waals surface area contributed by atoms with Crippen molar-refractivity contribution in [3.05, 3.63) is 15.5 Å². The van der Waals surface area contributed by atoms with Crippen molar-refractivity contribution in [1.82, 2.24) is 9.88 Å². The predicted molar refractivity (Wildman–Crippen MR) is 68.8 cm³/mol. The molecule has 16 heavy (non-hydrogen) atoms. The Bertz CT molecular complexity index is 327. The first-order valence-electron chi connectivity index (χ1n) is 5.84. The molecule has 0 spiro atoms. The zero-order valence-electron chi connectivity index (χ0n) is 9.36. The van der Waals surface area contributed by atoms with Crippen molar-refractivity contribution in [3.8, 4) is 0 Å². The van der Waals surface area contributed by atoms with Gasteiger partial charge in [0, 0.05) is 6.04 Å². The van der Waals surface area contributed by atoms with E-state index >= 15 is 0 Å². The fourth-order valence-corrected chi connectivity index (χ4v) is 3.30. The Kier molecular flexibility index (Phi) is 4.58. The summed E-state index contributed by atoms with van der Waals surface area (Å²) in [5.41, 5.74) is 5.66. The number of halogens is 1. The molecule has 3 nitrogen and oxygen atoms in total. The lowest BCUT2D eigenvalue weighted by atomic mass is 9.99. The van der Waals surface area contributed by atoms with E-state index in [-0.39, 0.29) is 0 Å². The van der Waals surface area contributed by atoms with Gasteiger partial charge in [0.05, 0.1) is 12.7 Å². The largest absolute Gasteiger partial charge is 0.330 e. The number of nitrogens with zero attached hydrogens (tertiary/aromatic N) is 2. The smallest absolute Gasteiger partial charge is 0.113 e. The molecule has 0 aromatic carbocycles. The molecule has 1 atom stereocenters. The lowest BCUT2D eigenvalue weighted by Crippen LogP contribution is -2.40. The maximum absolute atomic E-state index is 5.89. The van der Waals surface area contributed by atoms with Crippen LogP contribution in [0.25, 0.3) is 0 Å². The number of thiazole rings is 1. The van der Waals surface area contributed by atoms with Crippen molar-refractivity contribution in [2.24, 2.45) is 5.73 Å². The van der Waals surface area contributed by atoms with Crippen LogP contribution in [0.1, 0.15) is 30.7 Å². The molecule has 1 aromatic heterocycles. The SMILES string of the molecule is NCCC1CCCCN1Cc1ncc(Cl)s1. The zero-order valence-corrected chi connectivity index (χ0v) is 10.9. The van der Waals surface area contributed by atoms with E-state index in [0.29, 0.717) is 6.04 Å². The fraction of sp³-hybridized carbons (Fsp3) is 0.727. The van der Waals surface area contributed by atoms with Crippen LogP contribution in [0.5, 0.6) is 0 Å². The number of hydrogen-bond acceptors (Lipinski definition) is 4. The molecule has 2 heterocycles. The van der Waals surface area contributed by atoms with Crippen LogP contribution in [-0.2, 0) is 6.54 Å². The summed E-state index contributed by atoms with van der Waals surface area (Å²) in [5.74, 6) is 0. The number of rotatable bonds is 4. The van der Waals surface area contributed by atoms with Crippen molar-refractivity contribution in [1.29, 1.82) is 0 Å². The van der Waals surface area contributed by atoms with Gasteiger partial charge in [-0.2, -0.15) is 0 Å². The van der Waals surface area contributed by atoms with Gasteiger partial charge in [0.25, 0.3) is 0 Å². The summed E-state index contributed by atoms with van der Waals surface area (Å²) in [6.07, 6.45) is 6.73. The zero-order chi connectivity index (χ0) is 11.4. The van der Waals surface area contributed by atoms with E-state index in [1.165, 1.54) is 25.8 Å². The molecule has 0 aliphatic carbocycles. The summed E-state index contributed by atoms with van der Waals surface area (Å²) in [5, 5.41) is 1.12. The van der Waals surface area contributed by atoms with Crippen molar-refractivity contribution in [2.75, 3.05) is 13.1 Å². The van der Waals surface area contributed by atoms with E-state index in [2.05, 4.69) is 9.88 Å². The molecule has 90 valence electrons. The van der Waals surface area contributed by atoms with E-state index in [9.17, 15) is 0 Å². The van der Waals surface area contributed by atoms with Crippen LogP contribution >= 0.6 is 22.9 Å². The van der Waals surface area contributed by atoms with Crippen LogP contribution in [0.2, 0.25) is 4.34 Å². The molecule has 2 N–H and O–H groups in total. The first kappa shape index (κ1) is 12.3. The highest BCUT2D eigenvalue weighted by Crippen LogP contribution is 2.24. The summed E-state index contributed by atoms with van der Waals surface area (Å²) in [6.45, 7) is 2.88.